The Balaban J connectivity index is 2.32. The summed E-state index contributed by atoms with van der Waals surface area (Å²) < 4.78 is 39.6. The van der Waals surface area contributed by atoms with Crippen LogP contribution in [0.2, 0.25) is 0 Å². The average Bonchev–Trinajstić information content (AvgIpc) is 2.82. The monoisotopic (exact) mass is 250 g/mol. The van der Waals surface area contributed by atoms with Gasteiger partial charge in [-0.3, -0.25) is 0 Å². The lowest BCUT2D eigenvalue weighted by Gasteiger charge is -2.03. The molecular weight excluding hydrogens is 245 g/mol. The molecule has 0 spiro atoms. The molecule has 2 heterocycles. The first kappa shape index (κ1) is 10.7. The fourth-order valence-electron chi connectivity index (χ4n) is 1.67. The van der Waals surface area contributed by atoms with Crippen LogP contribution in [0.1, 0.15) is 0 Å². The minimum absolute atomic E-state index is 0.0603. The largest absolute Gasteiger partial charge is 0.343 e. The molecule has 0 fully saturated rings. The van der Waals surface area contributed by atoms with Gasteiger partial charge in [-0.2, -0.15) is 5.10 Å². The molecule has 1 N–H and O–H groups in total. The van der Waals surface area contributed by atoms with Gasteiger partial charge in [0.2, 0.25) is 0 Å². The van der Waals surface area contributed by atoms with Gasteiger partial charge in [-0.15, -0.1) is 5.10 Å². The minimum atomic E-state index is -1.25. The van der Waals surface area contributed by atoms with E-state index in [4.69, 9.17) is 0 Å². The van der Waals surface area contributed by atoms with Crippen molar-refractivity contribution >= 4 is 11.0 Å². The molecule has 3 rings (SSSR count). The number of fused-ring (bicyclic) bond motifs is 1. The van der Waals surface area contributed by atoms with Gasteiger partial charge in [-0.25, -0.2) is 18.2 Å². The predicted octanol–water partition coefficient (Wildman–Crippen LogP) is 2.44. The van der Waals surface area contributed by atoms with Gasteiger partial charge in [0.15, 0.2) is 11.6 Å². The number of imidazole rings is 1. The molecule has 0 aliphatic carbocycles. The van der Waals surface area contributed by atoms with Gasteiger partial charge in [0, 0.05) is 11.6 Å². The molecule has 1 aromatic carbocycles. The first-order valence-electron chi connectivity index (χ1n) is 4.96. The number of hydrogen-bond acceptors (Lipinski definition) is 3. The van der Waals surface area contributed by atoms with Gasteiger partial charge in [-0.05, 0) is 6.07 Å². The molecule has 0 aliphatic rings. The van der Waals surface area contributed by atoms with E-state index in [1.54, 1.807) is 0 Å². The summed E-state index contributed by atoms with van der Waals surface area (Å²) in [4.78, 5) is 6.72. The summed E-state index contributed by atoms with van der Waals surface area (Å²) in [7, 11) is 0. The van der Waals surface area contributed by atoms with E-state index < -0.39 is 17.5 Å². The highest BCUT2D eigenvalue weighted by Crippen LogP contribution is 2.27. The molecule has 0 radical (unpaired) electrons. The van der Waals surface area contributed by atoms with Crippen LogP contribution in [0.3, 0.4) is 0 Å². The first-order chi connectivity index (χ1) is 8.66. The predicted molar refractivity (Wildman–Crippen MR) is 57.0 cm³/mol. The van der Waals surface area contributed by atoms with Crippen molar-refractivity contribution < 1.29 is 13.2 Å². The van der Waals surface area contributed by atoms with Crippen LogP contribution >= 0.6 is 0 Å². The molecule has 0 amide bonds. The molecule has 2 aromatic heterocycles. The molecule has 4 nitrogen and oxygen atoms in total. The van der Waals surface area contributed by atoms with Gasteiger partial charge in [0.1, 0.15) is 17.0 Å². The molecule has 18 heavy (non-hydrogen) atoms. The molecular formula is C11H5F3N4. The number of nitrogens with one attached hydrogen (secondary N) is 1. The second-order valence-electron chi connectivity index (χ2n) is 3.60. The summed E-state index contributed by atoms with van der Waals surface area (Å²) in [5, 5.41) is 7.37. The number of hydrogen-bond donors (Lipinski definition) is 1. The zero-order chi connectivity index (χ0) is 12.7. The number of nitrogens with zero attached hydrogens (tertiary/aromatic N) is 3. The molecule has 7 heteroatoms. The van der Waals surface area contributed by atoms with Crippen molar-refractivity contribution in [1.29, 1.82) is 0 Å². The van der Waals surface area contributed by atoms with Gasteiger partial charge >= 0.3 is 0 Å². The Labute approximate surface area is 98.5 Å². The van der Waals surface area contributed by atoms with Gasteiger partial charge in [-0.1, -0.05) is 0 Å². The first-order valence-corrected chi connectivity index (χ1v) is 4.96. The summed E-state index contributed by atoms with van der Waals surface area (Å²) >= 11 is 0. The van der Waals surface area contributed by atoms with Crippen LogP contribution in [-0.4, -0.2) is 20.2 Å². The lowest BCUT2D eigenvalue weighted by Crippen LogP contribution is -1.95. The van der Waals surface area contributed by atoms with E-state index in [9.17, 15) is 13.2 Å². The lowest BCUT2D eigenvalue weighted by atomic mass is 10.1. The maximum absolute atomic E-state index is 13.6. The number of aromatic amines is 1. The molecule has 0 atom stereocenters. The van der Waals surface area contributed by atoms with Crippen molar-refractivity contribution in [3.8, 4) is 11.3 Å². The van der Waals surface area contributed by atoms with Crippen LogP contribution in [0.4, 0.5) is 13.2 Å². The highest BCUT2D eigenvalue weighted by molar-refractivity contribution is 5.88. The van der Waals surface area contributed by atoms with Crippen LogP contribution in [0.5, 0.6) is 0 Å². The normalized spacial score (nSPS) is 11.1. The molecule has 0 aliphatic heterocycles. The summed E-state index contributed by atoms with van der Waals surface area (Å²) in [6.45, 7) is 0. The van der Waals surface area contributed by atoms with E-state index in [-0.39, 0.29) is 11.3 Å². The van der Waals surface area contributed by atoms with Gasteiger partial charge in [0.25, 0.3) is 0 Å². The standard InChI is InChI=1S/C11H5F3N4/c12-6-2-8(14)7(13)1-5(6)10-11-9(3-17-18-10)15-4-16-11/h1-4H,(H,15,16). The van der Waals surface area contributed by atoms with Crippen molar-refractivity contribution in [2.75, 3.05) is 0 Å². The number of H-pyrrole nitrogens is 1. The number of rotatable bonds is 1. The van der Waals surface area contributed by atoms with E-state index in [1.165, 1.54) is 12.5 Å². The second-order valence-corrected chi connectivity index (χ2v) is 3.60. The zero-order valence-corrected chi connectivity index (χ0v) is 8.78. The zero-order valence-electron chi connectivity index (χ0n) is 8.78. The Kier molecular flexibility index (Phi) is 2.26. The van der Waals surface area contributed by atoms with Crippen molar-refractivity contribution in [1.82, 2.24) is 20.2 Å². The fourth-order valence-corrected chi connectivity index (χ4v) is 1.67. The number of aromatic nitrogens is 4. The molecule has 3 aromatic rings. The van der Waals surface area contributed by atoms with Gasteiger partial charge < -0.3 is 4.98 Å². The van der Waals surface area contributed by atoms with Gasteiger partial charge in [0.05, 0.1) is 18.0 Å². The molecule has 0 saturated heterocycles. The molecule has 0 bridgehead atoms. The highest BCUT2D eigenvalue weighted by atomic mass is 19.2. The van der Waals surface area contributed by atoms with Crippen molar-refractivity contribution in [2.24, 2.45) is 0 Å². The topological polar surface area (TPSA) is 54.5 Å². The molecule has 90 valence electrons. The van der Waals surface area contributed by atoms with Crippen molar-refractivity contribution in [2.45, 2.75) is 0 Å². The van der Waals surface area contributed by atoms with E-state index in [0.717, 1.165) is 6.07 Å². The third-order valence-corrected chi connectivity index (χ3v) is 2.50. The second kappa shape index (κ2) is 3.80. The molecule has 0 saturated carbocycles. The Morgan fingerprint density at radius 1 is 1.00 bits per heavy atom. The average molecular weight is 250 g/mol. The fraction of sp³-hybridized carbons (Fsp3) is 0. The van der Waals surface area contributed by atoms with E-state index in [2.05, 4.69) is 20.2 Å². The summed E-state index contributed by atoms with van der Waals surface area (Å²) in [6.07, 6.45) is 2.79. The van der Waals surface area contributed by atoms with E-state index >= 15 is 0 Å². The van der Waals surface area contributed by atoms with Crippen LogP contribution < -0.4 is 0 Å². The van der Waals surface area contributed by atoms with Crippen LogP contribution in [-0.2, 0) is 0 Å². The Bertz CT molecular complexity index is 738. The minimum Gasteiger partial charge on any atom is -0.343 e. The Morgan fingerprint density at radius 2 is 1.78 bits per heavy atom. The summed E-state index contributed by atoms with van der Waals surface area (Å²) in [6, 6.07) is 1.21. The van der Waals surface area contributed by atoms with E-state index in [0.29, 0.717) is 17.1 Å². The van der Waals surface area contributed by atoms with Crippen LogP contribution in [0.25, 0.3) is 22.3 Å². The van der Waals surface area contributed by atoms with Crippen LogP contribution in [0, 0.1) is 17.5 Å². The number of benzene rings is 1. The lowest BCUT2D eigenvalue weighted by molar-refractivity contribution is 0.496. The quantitative estimate of drug-likeness (QED) is 0.675. The van der Waals surface area contributed by atoms with E-state index in [1.807, 2.05) is 0 Å². The highest BCUT2D eigenvalue weighted by Gasteiger charge is 2.16. The maximum Gasteiger partial charge on any atom is 0.161 e. The van der Waals surface area contributed by atoms with Crippen molar-refractivity contribution in [3.63, 3.8) is 0 Å². The number of halogens is 3. The van der Waals surface area contributed by atoms with Crippen LogP contribution in [0.15, 0.2) is 24.7 Å². The summed E-state index contributed by atoms with van der Waals surface area (Å²) in [5.41, 5.74) is 0.753. The van der Waals surface area contributed by atoms with Crippen molar-refractivity contribution in [3.05, 3.63) is 42.1 Å². The Morgan fingerprint density at radius 3 is 2.61 bits per heavy atom. The maximum atomic E-state index is 13.6. The third kappa shape index (κ3) is 1.52. The SMILES string of the molecule is Fc1cc(F)c(-c2nncc3[nH]cnc23)cc1F. The summed E-state index contributed by atoms with van der Waals surface area (Å²) in [5.74, 6) is -3.32. The smallest absolute Gasteiger partial charge is 0.161 e. The third-order valence-electron chi connectivity index (χ3n) is 2.50. The molecule has 0 unspecified atom stereocenters. The Hall–Kier alpha value is -2.44.